The molecule has 3 amide bonds. The first-order valence-electron chi connectivity index (χ1n) is 10.8. The monoisotopic (exact) mass is 558 g/mol. The Bertz CT molecular complexity index is 1310. The van der Waals surface area contributed by atoms with Crippen LogP contribution in [0.1, 0.15) is 17.5 Å². The molecule has 2 aromatic rings. The van der Waals surface area contributed by atoms with Gasteiger partial charge in [0.2, 0.25) is 11.8 Å². The number of nitrogens with two attached hydrogens (primary N) is 2. The van der Waals surface area contributed by atoms with Gasteiger partial charge in [0.1, 0.15) is 18.0 Å². The molecule has 0 unspecified atom stereocenters. The van der Waals surface area contributed by atoms with Crippen LogP contribution in [0, 0.1) is 5.82 Å². The molecule has 2 atom stereocenters. The van der Waals surface area contributed by atoms with Gasteiger partial charge in [0.15, 0.2) is 0 Å². The lowest BCUT2D eigenvalue weighted by Crippen LogP contribution is -2.49. The van der Waals surface area contributed by atoms with Crippen molar-refractivity contribution in [2.45, 2.75) is 25.2 Å². The molecule has 1 heterocycles. The molecule has 1 aliphatic rings. The highest BCUT2D eigenvalue weighted by molar-refractivity contribution is 7.60. The molecule has 11 nitrogen and oxygen atoms in total. The second-order valence-corrected chi connectivity index (χ2v) is 10.2. The summed E-state index contributed by atoms with van der Waals surface area (Å²) in [5.41, 5.74) is 4.78. The minimum atomic E-state index is -4.70. The van der Waals surface area contributed by atoms with E-state index in [0.717, 1.165) is 23.1 Å². The van der Waals surface area contributed by atoms with E-state index in [1.165, 1.54) is 18.2 Å². The first-order chi connectivity index (χ1) is 17.3. The van der Waals surface area contributed by atoms with Crippen LogP contribution in [0.3, 0.4) is 0 Å². The Balaban J connectivity index is 1.74. The van der Waals surface area contributed by atoms with Gasteiger partial charge in [-0.3, -0.25) is 18.9 Å². The van der Waals surface area contributed by atoms with Gasteiger partial charge in [-0.1, -0.05) is 23.7 Å². The molecule has 2 aromatic carbocycles. The maximum atomic E-state index is 14.2. The molecule has 37 heavy (non-hydrogen) atoms. The lowest BCUT2D eigenvalue weighted by molar-refractivity contribution is -0.137. The van der Waals surface area contributed by atoms with Crippen LogP contribution in [0.4, 0.5) is 14.5 Å². The minimum Gasteiger partial charge on any atom is -0.375 e. The number of hydrogen-bond donors (Lipinski definition) is 6. The summed E-state index contributed by atoms with van der Waals surface area (Å²) >= 11 is 5.73. The highest BCUT2D eigenvalue weighted by Crippen LogP contribution is 2.34. The van der Waals surface area contributed by atoms with Crippen molar-refractivity contribution in [2.24, 2.45) is 5.73 Å². The van der Waals surface area contributed by atoms with Gasteiger partial charge in [-0.15, -0.1) is 0 Å². The van der Waals surface area contributed by atoms with Crippen LogP contribution in [0.25, 0.3) is 0 Å². The van der Waals surface area contributed by atoms with Crippen LogP contribution in [-0.2, 0) is 25.5 Å². The van der Waals surface area contributed by atoms with Gasteiger partial charge >= 0.3 is 13.5 Å². The van der Waals surface area contributed by atoms with E-state index < -0.39 is 60.9 Å². The number of anilines is 1. The van der Waals surface area contributed by atoms with E-state index in [4.69, 9.17) is 22.7 Å². The second kappa shape index (κ2) is 11.3. The molecule has 8 N–H and O–H groups in total. The average molecular weight is 559 g/mol. The van der Waals surface area contributed by atoms with Gasteiger partial charge in [-0.2, -0.15) is 0 Å². The van der Waals surface area contributed by atoms with Gasteiger partial charge < -0.3 is 31.1 Å². The zero-order chi connectivity index (χ0) is 27.5. The van der Waals surface area contributed by atoms with E-state index in [1.807, 2.05) is 0 Å². The third-order valence-electron chi connectivity index (χ3n) is 5.68. The van der Waals surface area contributed by atoms with Crippen molar-refractivity contribution in [3.05, 3.63) is 58.4 Å². The van der Waals surface area contributed by atoms with Crippen LogP contribution in [0.5, 0.6) is 0 Å². The molecule has 0 aromatic heterocycles. The zero-order valence-electron chi connectivity index (χ0n) is 19.2. The zero-order valence-corrected chi connectivity index (χ0v) is 20.8. The topological polar surface area (TPSA) is 188 Å². The Morgan fingerprint density at radius 3 is 2.59 bits per heavy atom. The Hall–Kier alpha value is -3.38. The van der Waals surface area contributed by atoms with Crippen molar-refractivity contribution in [3.8, 4) is 0 Å². The summed E-state index contributed by atoms with van der Waals surface area (Å²) in [6, 6.07) is 6.28. The first kappa shape index (κ1) is 28.2. The number of amides is 3. The van der Waals surface area contributed by atoms with Crippen LogP contribution >= 0.6 is 19.2 Å². The van der Waals surface area contributed by atoms with Crippen molar-refractivity contribution < 1.29 is 42.9 Å². The minimum absolute atomic E-state index is 0.0138. The summed E-state index contributed by atoms with van der Waals surface area (Å²) in [5, 5.41) is 10.2. The van der Waals surface area contributed by atoms with E-state index in [1.54, 1.807) is 0 Å². The van der Waals surface area contributed by atoms with Crippen molar-refractivity contribution in [1.29, 1.82) is 0 Å². The van der Waals surface area contributed by atoms with Gasteiger partial charge in [0.25, 0.3) is 5.71 Å². The smallest absolute Gasteiger partial charge is 0.356 e. The van der Waals surface area contributed by atoms with Gasteiger partial charge in [0.05, 0.1) is 29.0 Å². The molecule has 0 aliphatic carbocycles. The van der Waals surface area contributed by atoms with Crippen LogP contribution in [-0.4, -0.2) is 63.4 Å². The molecule has 1 saturated heterocycles. The summed E-state index contributed by atoms with van der Waals surface area (Å²) in [6.45, 7) is -1.15. The van der Waals surface area contributed by atoms with Crippen molar-refractivity contribution in [1.82, 2.24) is 10.2 Å². The number of carbonyl (C=O) groups excluding carboxylic acids is 3. The fraction of sp³-hybridized carbons (Fsp3) is 0.273. The number of likely N-dealkylation sites (tertiary alicyclic amines) is 1. The standard InChI is InChI=1S/C22H23ClF2N5O6P/c23-15-3-1-2-11(19(15)25)8-29-22(33)17-6-12(24)10-30(17)18(31)9-28-16-7-13(37(34,35)36)4-5-14(16)20(26)21(27)32/h1-5,7,12,17,26,28H,6,8-10H2,(H2,27,32)(H,29,33)(H2,34,35,36)/p+1/t12-,17+/m1/s1. The second-order valence-electron chi connectivity index (χ2n) is 8.23. The molecule has 0 spiro atoms. The summed E-state index contributed by atoms with van der Waals surface area (Å²) in [6.07, 6.45) is -1.77. The SMILES string of the molecule is NC(=O)C(=[NH2+])c1ccc(P(=O)(O)O)cc1NCC(=O)N1C[C@H](F)C[C@H]1C(=O)NCc1cccc(Cl)c1F. The number of benzene rings is 2. The highest BCUT2D eigenvalue weighted by Gasteiger charge is 2.39. The van der Waals surface area contributed by atoms with E-state index in [9.17, 15) is 37.5 Å². The largest absolute Gasteiger partial charge is 0.375 e. The molecule has 3 rings (SSSR count). The molecule has 198 valence electrons. The Kier molecular flexibility index (Phi) is 8.64. The first-order valence-corrected chi connectivity index (χ1v) is 12.8. The number of primary amides is 1. The number of carbonyl (C=O) groups is 3. The predicted octanol–water partition coefficient (Wildman–Crippen LogP) is -1.02. The number of hydrogen-bond acceptors (Lipinski definition) is 5. The van der Waals surface area contributed by atoms with Crippen molar-refractivity contribution in [3.63, 3.8) is 0 Å². The number of nitrogens with zero attached hydrogens (tertiary/aromatic N) is 1. The molecule has 0 saturated carbocycles. The molecule has 0 bridgehead atoms. The van der Waals surface area contributed by atoms with E-state index in [-0.39, 0.29) is 41.3 Å². The number of rotatable bonds is 9. The molecule has 0 radical (unpaired) electrons. The van der Waals surface area contributed by atoms with Crippen LogP contribution in [0.15, 0.2) is 36.4 Å². The fourth-order valence-electron chi connectivity index (χ4n) is 3.79. The van der Waals surface area contributed by atoms with E-state index in [0.29, 0.717) is 0 Å². The Labute approximate surface area is 214 Å². The Morgan fingerprint density at radius 2 is 1.95 bits per heavy atom. The van der Waals surface area contributed by atoms with Crippen LogP contribution < -0.4 is 27.1 Å². The van der Waals surface area contributed by atoms with E-state index in [2.05, 4.69) is 10.6 Å². The molecular weight excluding hydrogens is 535 g/mol. The molecule has 1 aliphatic heterocycles. The predicted molar refractivity (Wildman–Crippen MR) is 130 cm³/mol. The lowest BCUT2D eigenvalue weighted by Gasteiger charge is -2.24. The van der Waals surface area contributed by atoms with E-state index >= 15 is 0 Å². The summed E-state index contributed by atoms with van der Waals surface area (Å²) < 4.78 is 39.9. The number of alkyl halides is 1. The number of nitrogens with one attached hydrogen (secondary N) is 2. The van der Waals surface area contributed by atoms with Gasteiger partial charge in [0, 0.05) is 24.2 Å². The summed E-state index contributed by atoms with van der Waals surface area (Å²) in [4.78, 5) is 57.1. The highest BCUT2D eigenvalue weighted by atomic mass is 35.5. The maximum Gasteiger partial charge on any atom is 0.356 e. The Morgan fingerprint density at radius 1 is 1.24 bits per heavy atom. The fourth-order valence-corrected chi connectivity index (χ4v) is 4.55. The third kappa shape index (κ3) is 6.69. The van der Waals surface area contributed by atoms with Crippen molar-refractivity contribution in [2.75, 3.05) is 18.4 Å². The number of halogens is 3. The van der Waals surface area contributed by atoms with Gasteiger partial charge in [-0.25, -0.2) is 14.2 Å². The van der Waals surface area contributed by atoms with Gasteiger partial charge in [-0.05, 0) is 24.3 Å². The lowest BCUT2D eigenvalue weighted by atomic mass is 10.1. The summed E-state index contributed by atoms with van der Waals surface area (Å²) in [7, 11) is -4.70. The summed E-state index contributed by atoms with van der Waals surface area (Å²) in [5.74, 6) is -3.15. The quantitative estimate of drug-likeness (QED) is 0.168. The molecule has 1 fully saturated rings. The van der Waals surface area contributed by atoms with Crippen molar-refractivity contribution >= 4 is 53.6 Å². The van der Waals surface area contributed by atoms with Crippen LogP contribution in [0.2, 0.25) is 5.02 Å². The molecule has 15 heteroatoms. The maximum absolute atomic E-state index is 14.2. The average Bonchev–Trinajstić information content (AvgIpc) is 3.23. The normalized spacial score (nSPS) is 17.4. The third-order valence-corrected chi connectivity index (χ3v) is 6.93. The molecular formula is C22H24ClF2N5O6P+.